The number of hydrogen-bond donors (Lipinski definition) is 2. The van der Waals surface area contributed by atoms with Crippen LogP contribution in [0.2, 0.25) is 0 Å². The minimum absolute atomic E-state index is 0.196. The molecule has 0 aromatic heterocycles. The van der Waals surface area contributed by atoms with Crippen molar-refractivity contribution in [2.45, 2.75) is 36.8 Å². The molecular weight excluding hydrogens is 329 g/mol. The zero-order valence-electron chi connectivity index (χ0n) is 12.5. The number of anilines is 1. The van der Waals surface area contributed by atoms with E-state index < -0.39 is 26.7 Å². The summed E-state index contributed by atoms with van der Waals surface area (Å²) in [6, 6.07) is 3.31. The fourth-order valence-electron chi connectivity index (χ4n) is 2.31. The summed E-state index contributed by atoms with van der Waals surface area (Å²) in [4.78, 5) is -0.706. The summed E-state index contributed by atoms with van der Waals surface area (Å²) in [7, 11) is -4.16. The molecule has 0 saturated heterocycles. The monoisotopic (exact) mass is 348 g/mol. The fourth-order valence-corrected chi connectivity index (χ4v) is 3.63. The highest BCUT2D eigenvalue weighted by molar-refractivity contribution is 7.89. The van der Waals surface area contributed by atoms with Crippen molar-refractivity contribution in [1.82, 2.24) is 4.72 Å². The predicted octanol–water partition coefficient (Wildman–Crippen LogP) is 3.22. The Kier molecular flexibility index (Phi) is 4.31. The molecule has 0 radical (unpaired) electrons. The van der Waals surface area contributed by atoms with Gasteiger partial charge in [-0.25, -0.2) is 13.1 Å². The minimum atomic E-state index is -4.72. The van der Waals surface area contributed by atoms with E-state index in [9.17, 15) is 21.6 Å². The van der Waals surface area contributed by atoms with Crippen LogP contribution in [-0.2, 0) is 16.2 Å². The van der Waals surface area contributed by atoms with Crippen molar-refractivity contribution in [3.8, 4) is 0 Å². The Bertz CT molecular complexity index is 680. The Balaban J connectivity index is 1.84. The molecule has 0 spiro atoms. The van der Waals surface area contributed by atoms with Crippen molar-refractivity contribution < 1.29 is 21.6 Å². The summed E-state index contributed by atoms with van der Waals surface area (Å²) in [5.74, 6) is 0.756. The standard InChI is InChI=1S/C15H19F3N2O2S/c16-15(17,18)13-7-12(19-8-10-1-2-10)5-6-14(13)23(21,22)20-9-11-3-4-11/h5-7,10-11,19-20H,1-4,8-9H2. The van der Waals surface area contributed by atoms with Crippen LogP contribution >= 0.6 is 0 Å². The molecule has 0 unspecified atom stereocenters. The van der Waals surface area contributed by atoms with E-state index in [0.717, 1.165) is 37.8 Å². The van der Waals surface area contributed by atoms with E-state index in [2.05, 4.69) is 10.0 Å². The number of benzene rings is 1. The maximum absolute atomic E-state index is 13.3. The number of sulfonamides is 1. The van der Waals surface area contributed by atoms with E-state index in [0.29, 0.717) is 18.2 Å². The zero-order chi connectivity index (χ0) is 16.7. The van der Waals surface area contributed by atoms with Crippen molar-refractivity contribution in [1.29, 1.82) is 0 Å². The number of rotatable bonds is 7. The van der Waals surface area contributed by atoms with Crippen molar-refractivity contribution in [3.05, 3.63) is 23.8 Å². The molecular formula is C15H19F3N2O2S. The highest BCUT2D eigenvalue weighted by Crippen LogP contribution is 2.37. The van der Waals surface area contributed by atoms with E-state index in [1.807, 2.05) is 0 Å². The molecule has 2 saturated carbocycles. The second-order valence-electron chi connectivity index (χ2n) is 6.33. The van der Waals surface area contributed by atoms with Crippen LogP contribution in [0.15, 0.2) is 23.1 Å². The normalized spacial score (nSPS) is 18.9. The van der Waals surface area contributed by atoms with Crippen LogP contribution < -0.4 is 10.0 Å². The Hall–Kier alpha value is -1.28. The molecule has 2 aliphatic carbocycles. The first kappa shape index (κ1) is 16.6. The topological polar surface area (TPSA) is 58.2 Å². The van der Waals surface area contributed by atoms with Crippen molar-refractivity contribution in [2.24, 2.45) is 11.8 Å². The average molecular weight is 348 g/mol. The van der Waals surface area contributed by atoms with Crippen LogP contribution in [-0.4, -0.2) is 21.5 Å². The average Bonchev–Trinajstić information content (AvgIpc) is 3.36. The Morgan fingerprint density at radius 1 is 1.04 bits per heavy atom. The molecule has 2 fully saturated rings. The minimum Gasteiger partial charge on any atom is -0.385 e. The van der Waals surface area contributed by atoms with Gasteiger partial charge in [-0.2, -0.15) is 13.2 Å². The second-order valence-corrected chi connectivity index (χ2v) is 8.06. The number of hydrogen-bond acceptors (Lipinski definition) is 3. The fraction of sp³-hybridized carbons (Fsp3) is 0.600. The van der Waals surface area contributed by atoms with Gasteiger partial charge in [-0.15, -0.1) is 0 Å². The molecule has 1 aromatic rings. The lowest BCUT2D eigenvalue weighted by Crippen LogP contribution is -2.28. The van der Waals surface area contributed by atoms with Gasteiger partial charge in [-0.3, -0.25) is 0 Å². The van der Waals surface area contributed by atoms with Gasteiger partial charge >= 0.3 is 6.18 Å². The number of alkyl halides is 3. The van der Waals surface area contributed by atoms with Gasteiger partial charge in [0.05, 0.1) is 10.5 Å². The number of halogens is 3. The Labute approximate surface area is 133 Å². The summed E-state index contributed by atoms with van der Waals surface area (Å²) >= 11 is 0. The third-order valence-electron chi connectivity index (χ3n) is 4.13. The molecule has 2 aliphatic rings. The lowest BCUT2D eigenvalue weighted by atomic mass is 10.2. The summed E-state index contributed by atoms with van der Waals surface area (Å²) < 4.78 is 66.4. The van der Waals surface area contributed by atoms with E-state index >= 15 is 0 Å². The molecule has 1 aromatic carbocycles. The van der Waals surface area contributed by atoms with Gasteiger partial charge in [0.25, 0.3) is 0 Å². The first-order chi connectivity index (χ1) is 10.8. The third-order valence-corrected chi connectivity index (χ3v) is 5.61. The van der Waals surface area contributed by atoms with Gasteiger partial charge in [0.1, 0.15) is 0 Å². The molecule has 3 rings (SSSR count). The predicted molar refractivity (Wildman–Crippen MR) is 80.6 cm³/mol. The van der Waals surface area contributed by atoms with E-state index in [-0.39, 0.29) is 12.5 Å². The molecule has 0 amide bonds. The van der Waals surface area contributed by atoms with E-state index in [1.54, 1.807) is 0 Å². The second kappa shape index (κ2) is 5.98. The quantitative estimate of drug-likeness (QED) is 0.795. The molecule has 23 heavy (non-hydrogen) atoms. The van der Waals surface area contributed by atoms with E-state index in [4.69, 9.17) is 0 Å². The van der Waals surface area contributed by atoms with Gasteiger partial charge < -0.3 is 5.32 Å². The molecule has 8 heteroatoms. The van der Waals surface area contributed by atoms with Crippen LogP contribution in [0.25, 0.3) is 0 Å². The van der Waals surface area contributed by atoms with E-state index in [1.165, 1.54) is 6.07 Å². The maximum Gasteiger partial charge on any atom is 0.417 e. The van der Waals surface area contributed by atoms with Crippen LogP contribution in [0.4, 0.5) is 18.9 Å². The zero-order valence-corrected chi connectivity index (χ0v) is 13.3. The van der Waals surface area contributed by atoms with Gasteiger partial charge in [0.2, 0.25) is 10.0 Å². The highest BCUT2D eigenvalue weighted by atomic mass is 32.2. The van der Waals surface area contributed by atoms with Crippen molar-refractivity contribution in [3.63, 3.8) is 0 Å². The highest BCUT2D eigenvalue weighted by Gasteiger charge is 2.38. The first-order valence-electron chi connectivity index (χ1n) is 7.70. The summed E-state index contributed by atoms with van der Waals surface area (Å²) in [6.07, 6.45) is -0.731. The van der Waals surface area contributed by atoms with Crippen LogP contribution in [0.3, 0.4) is 0 Å². The largest absolute Gasteiger partial charge is 0.417 e. The number of nitrogens with one attached hydrogen (secondary N) is 2. The van der Waals surface area contributed by atoms with Crippen molar-refractivity contribution in [2.75, 3.05) is 18.4 Å². The van der Waals surface area contributed by atoms with Gasteiger partial charge in [0.15, 0.2) is 0 Å². The lowest BCUT2D eigenvalue weighted by Gasteiger charge is -2.16. The Morgan fingerprint density at radius 2 is 1.65 bits per heavy atom. The smallest absolute Gasteiger partial charge is 0.385 e. The van der Waals surface area contributed by atoms with Crippen LogP contribution in [0.1, 0.15) is 31.2 Å². The first-order valence-corrected chi connectivity index (χ1v) is 9.19. The summed E-state index contributed by atoms with van der Waals surface area (Å²) in [5.41, 5.74) is -0.827. The summed E-state index contributed by atoms with van der Waals surface area (Å²) in [6.45, 7) is 0.810. The molecule has 0 aliphatic heterocycles. The molecule has 0 bridgehead atoms. The Morgan fingerprint density at radius 3 is 2.22 bits per heavy atom. The lowest BCUT2D eigenvalue weighted by molar-refractivity contribution is -0.139. The summed E-state index contributed by atoms with van der Waals surface area (Å²) in [5, 5.41) is 2.94. The van der Waals surface area contributed by atoms with Gasteiger partial charge in [0, 0.05) is 18.8 Å². The van der Waals surface area contributed by atoms with Crippen LogP contribution in [0, 0.1) is 11.8 Å². The molecule has 128 valence electrons. The van der Waals surface area contributed by atoms with Gasteiger partial charge in [-0.1, -0.05) is 0 Å². The molecule has 0 atom stereocenters. The maximum atomic E-state index is 13.3. The SMILES string of the molecule is O=S(=O)(NCC1CC1)c1ccc(NCC2CC2)cc1C(F)(F)F. The third kappa shape index (κ3) is 4.38. The molecule has 4 nitrogen and oxygen atoms in total. The molecule has 2 N–H and O–H groups in total. The van der Waals surface area contributed by atoms with Crippen molar-refractivity contribution >= 4 is 15.7 Å². The van der Waals surface area contributed by atoms with Crippen LogP contribution in [0.5, 0.6) is 0 Å². The molecule has 0 heterocycles. The van der Waals surface area contributed by atoms with Gasteiger partial charge in [-0.05, 0) is 55.7 Å².